The van der Waals surface area contributed by atoms with E-state index in [4.69, 9.17) is 0 Å². The molecule has 4 aliphatic carbocycles. The number of carbonyl (C=O) groups excluding carboxylic acids is 2. The number of piperidine rings is 1. The van der Waals surface area contributed by atoms with E-state index in [1.807, 2.05) is 9.80 Å². The monoisotopic (exact) mass is 1120 g/mol. The van der Waals surface area contributed by atoms with Gasteiger partial charge in [0.25, 0.3) is 5.91 Å². The summed E-state index contributed by atoms with van der Waals surface area (Å²) in [6, 6.07) is 43.7. The fourth-order valence-corrected chi connectivity index (χ4v) is 15.1. The lowest BCUT2D eigenvalue weighted by Crippen LogP contribution is -2.62. The Labute approximate surface area is 479 Å². The van der Waals surface area contributed by atoms with Crippen molar-refractivity contribution >= 4 is 51.6 Å². The number of likely N-dealkylation sites (tertiary alicyclic amines) is 1. The molecule has 3 atom stereocenters. The molecule has 0 spiro atoms. The van der Waals surface area contributed by atoms with Gasteiger partial charge < -0.3 is 9.80 Å². The number of anilines is 6. The van der Waals surface area contributed by atoms with Gasteiger partial charge in [-0.15, -0.1) is 26.3 Å². The molecule has 5 fully saturated rings. The number of carbonyl (C=O) groups is 2. The predicted octanol–water partition coefficient (Wildman–Crippen LogP) is 20.2. The number of amides is 2. The van der Waals surface area contributed by atoms with Crippen molar-refractivity contribution in [1.82, 2.24) is 9.80 Å². The van der Waals surface area contributed by atoms with E-state index in [9.17, 15) is 9.59 Å². The van der Waals surface area contributed by atoms with Gasteiger partial charge in [0.1, 0.15) is 0 Å². The number of halogens is 6. The molecule has 0 radical (unpaired) electrons. The average Bonchev–Trinajstić information content (AvgIpc) is 1.36. The van der Waals surface area contributed by atoms with Gasteiger partial charge in [-0.2, -0.15) is 0 Å². The van der Waals surface area contributed by atoms with E-state index in [0.717, 1.165) is 74.1 Å². The lowest BCUT2D eigenvalue weighted by molar-refractivity contribution is -0.264. The number of fused-ring (bicyclic) bond motifs is 2. The van der Waals surface area contributed by atoms with Gasteiger partial charge in [-0.25, -0.2) is 9.80 Å². The molecule has 428 valence electrons. The predicted molar refractivity (Wildman–Crippen MR) is 314 cm³/mol. The zero-order valence-corrected chi connectivity index (χ0v) is 46.9. The molecule has 0 aromatic heterocycles. The van der Waals surface area contributed by atoms with E-state index >= 15 is 26.3 Å². The molecule has 3 unspecified atom stereocenters. The van der Waals surface area contributed by atoms with Crippen LogP contribution in [0.15, 0.2) is 151 Å². The fourth-order valence-electron chi connectivity index (χ4n) is 15.1. The lowest BCUT2D eigenvalue weighted by atomic mass is 9.70. The second-order valence-corrected chi connectivity index (χ2v) is 24.3. The summed E-state index contributed by atoms with van der Waals surface area (Å²) < 4.78 is 94.6. The largest absolute Gasteiger partial charge is 0.491 e. The first-order valence-electron chi connectivity index (χ1n) is 30.5. The van der Waals surface area contributed by atoms with E-state index in [-0.39, 0.29) is 20.9 Å². The van der Waals surface area contributed by atoms with Crippen LogP contribution in [0.3, 0.4) is 0 Å². The molecule has 2 amide bonds. The van der Waals surface area contributed by atoms with E-state index in [1.165, 1.54) is 130 Å². The minimum atomic E-state index is -5.39. The van der Waals surface area contributed by atoms with Crippen LogP contribution in [0.2, 0.25) is 0 Å². The molecule has 6 nitrogen and oxygen atoms in total. The van der Waals surface area contributed by atoms with Crippen LogP contribution in [0.5, 0.6) is 0 Å². The molecule has 12 heteroatoms. The molecule has 0 N–H and O–H groups in total. The Kier molecular flexibility index (Phi) is 15.9. The van der Waals surface area contributed by atoms with Gasteiger partial charge >= 0.3 is 12.6 Å². The zero-order valence-electron chi connectivity index (χ0n) is 46.9. The van der Waals surface area contributed by atoms with Crippen LogP contribution < -0.4 is 9.80 Å². The summed E-state index contributed by atoms with van der Waals surface area (Å²) in [4.78, 5) is 33.0. The number of alkyl halides is 6. The van der Waals surface area contributed by atoms with Crippen LogP contribution >= 0.6 is 0 Å². The molecule has 2 aliphatic heterocycles. The molecule has 4 saturated carbocycles. The Morgan fingerprint density at radius 1 is 0.378 bits per heavy atom. The highest BCUT2D eigenvalue weighted by molar-refractivity contribution is 6.09. The minimum Gasteiger partial charge on any atom is -0.311 e. The average molecular weight is 1120 g/mol. The highest BCUT2D eigenvalue weighted by Crippen LogP contribution is 2.55. The molecule has 6 aromatic rings. The van der Waals surface area contributed by atoms with Crippen molar-refractivity contribution in [3.05, 3.63) is 185 Å². The Balaban J connectivity index is 0.892. The van der Waals surface area contributed by atoms with Crippen LogP contribution in [0.25, 0.3) is 5.70 Å². The van der Waals surface area contributed by atoms with E-state index in [0.29, 0.717) is 35.0 Å². The summed E-state index contributed by atoms with van der Waals surface area (Å²) in [5.74, 6) is -4.55. The molecule has 2 bridgehead atoms. The Hall–Kier alpha value is -6.82. The first kappa shape index (κ1) is 55.7. The van der Waals surface area contributed by atoms with Crippen molar-refractivity contribution in [3.63, 3.8) is 0 Å². The number of nitrogens with zero attached hydrogens (tertiary/aromatic N) is 4. The van der Waals surface area contributed by atoms with Crippen molar-refractivity contribution in [2.24, 2.45) is 11.8 Å². The van der Waals surface area contributed by atoms with Gasteiger partial charge in [-0.05, 0) is 181 Å². The van der Waals surface area contributed by atoms with Crippen molar-refractivity contribution in [1.29, 1.82) is 0 Å². The van der Waals surface area contributed by atoms with Gasteiger partial charge in [0.2, 0.25) is 5.91 Å². The van der Waals surface area contributed by atoms with Crippen LogP contribution in [0.4, 0.5) is 60.5 Å². The molecule has 6 aliphatic rings. The van der Waals surface area contributed by atoms with Crippen LogP contribution in [-0.2, 0) is 9.59 Å². The summed E-state index contributed by atoms with van der Waals surface area (Å²) in [7, 11) is 0. The van der Waals surface area contributed by atoms with Crippen molar-refractivity contribution in [2.75, 3.05) is 9.80 Å². The standard InChI is InChI=1S/C70H74F6N4O2/c1-46-63-65(55-30-42-61(43-31-55)77(57-34-22-51(23-35-57)47-14-6-2-7-15-47)58-36-24-52(25-37-58)48-16-8-3-9-17-48)79(69(71,72)73)68(82)64(46)66(80(67(63)81)70(74,75)76)56-32-44-62(45-33-56)78(59-38-26-53(27-39-59)49-18-10-4-11-19-49)60-40-28-54(29-41-60)50-20-12-5-13-21-50/h22-50,63,65H,2-21H2,1H3. The van der Waals surface area contributed by atoms with Gasteiger partial charge in [0.05, 0.1) is 17.7 Å². The molecule has 6 aromatic carbocycles. The minimum absolute atomic E-state index is 0.104. The van der Waals surface area contributed by atoms with Crippen molar-refractivity contribution < 1.29 is 35.9 Å². The number of hydrogen-bond donors (Lipinski definition) is 0. The lowest BCUT2D eigenvalue weighted by Gasteiger charge is -2.50. The SMILES string of the molecule is CC1C2=C(c3ccc(N(c4ccc(C5CCCCC5)cc4)c4ccc(C5CCCCC5)cc4)cc3)N(C(F)(F)F)C(=O)C1C(c1ccc(N(c3ccc(C4CCCCC4)cc3)c3ccc(C4CCCCC4)cc3)cc1)N(C(F)(F)F)C2=O. The van der Waals surface area contributed by atoms with E-state index < -0.39 is 53.6 Å². The van der Waals surface area contributed by atoms with E-state index in [1.54, 1.807) is 24.3 Å². The number of benzene rings is 6. The summed E-state index contributed by atoms with van der Waals surface area (Å²) >= 11 is 0. The Morgan fingerprint density at radius 3 is 0.939 bits per heavy atom. The molecular formula is C70H74F6N4O2. The summed E-state index contributed by atoms with van der Waals surface area (Å²) in [5.41, 5.74) is 7.61. The Bertz CT molecular complexity index is 3080. The second kappa shape index (κ2) is 23.4. The van der Waals surface area contributed by atoms with Gasteiger partial charge in [-0.1, -0.05) is 157 Å². The third-order valence-corrected chi connectivity index (χ3v) is 19.4. The number of hydrogen-bond acceptors (Lipinski definition) is 4. The highest BCUT2D eigenvalue weighted by atomic mass is 19.4. The normalized spacial score (nSPS) is 22.0. The van der Waals surface area contributed by atoms with Crippen LogP contribution in [0.1, 0.15) is 198 Å². The quantitative estimate of drug-likeness (QED) is 0.0905. The summed E-state index contributed by atoms with van der Waals surface area (Å²) in [6.07, 6.45) is 12.7. The third-order valence-electron chi connectivity index (χ3n) is 19.4. The molecule has 82 heavy (non-hydrogen) atoms. The maximum absolute atomic E-state index is 15.8. The van der Waals surface area contributed by atoms with Crippen molar-refractivity contribution in [3.8, 4) is 0 Å². The van der Waals surface area contributed by atoms with E-state index in [2.05, 4.69) is 97.1 Å². The smallest absolute Gasteiger partial charge is 0.311 e. The van der Waals surface area contributed by atoms with Gasteiger partial charge in [0.15, 0.2) is 0 Å². The summed E-state index contributed by atoms with van der Waals surface area (Å²) in [6.45, 7) is 1.40. The molecule has 12 rings (SSSR count). The molecule has 2 heterocycles. The maximum Gasteiger partial charge on any atom is 0.491 e. The summed E-state index contributed by atoms with van der Waals surface area (Å²) in [5, 5.41) is 0. The topological polar surface area (TPSA) is 47.1 Å². The molecular weight excluding hydrogens is 1040 g/mol. The van der Waals surface area contributed by atoms with Crippen LogP contribution in [0, 0.1) is 11.8 Å². The van der Waals surface area contributed by atoms with Gasteiger partial charge in [-0.3, -0.25) is 9.59 Å². The number of rotatable bonds is 12. The van der Waals surface area contributed by atoms with Gasteiger partial charge in [0, 0.05) is 45.6 Å². The second-order valence-electron chi connectivity index (χ2n) is 24.3. The zero-order chi connectivity index (χ0) is 56.7. The van der Waals surface area contributed by atoms with Crippen molar-refractivity contribution in [2.45, 2.75) is 178 Å². The first-order chi connectivity index (χ1) is 39.7. The highest BCUT2D eigenvalue weighted by Gasteiger charge is 2.63. The maximum atomic E-state index is 15.8. The van der Waals surface area contributed by atoms with Crippen LogP contribution in [-0.4, -0.2) is 34.2 Å². The Morgan fingerprint density at radius 2 is 0.659 bits per heavy atom. The first-order valence-corrected chi connectivity index (χ1v) is 30.5. The fraction of sp³-hybridized carbons (Fsp3) is 0.429. The third kappa shape index (κ3) is 11.1. The molecule has 1 saturated heterocycles.